The SMILES string of the molecule is CCc1cc(S(=O)C2CC2)c(S(C)(=O)=O)cc1C(=O)N=C(N)N. The van der Waals surface area contributed by atoms with Crippen molar-refractivity contribution in [3.8, 4) is 0 Å². The van der Waals surface area contributed by atoms with E-state index in [0.29, 0.717) is 12.0 Å². The van der Waals surface area contributed by atoms with Gasteiger partial charge in [-0.1, -0.05) is 6.92 Å². The number of hydrogen-bond donors (Lipinski definition) is 2. The average molecular weight is 357 g/mol. The molecule has 1 aromatic rings. The summed E-state index contributed by atoms with van der Waals surface area (Å²) in [5.41, 5.74) is 11.1. The van der Waals surface area contributed by atoms with Gasteiger partial charge in [0.05, 0.1) is 20.6 Å². The van der Waals surface area contributed by atoms with E-state index in [-0.39, 0.29) is 20.6 Å². The zero-order chi connectivity index (χ0) is 17.4. The molecule has 126 valence electrons. The number of aryl methyl sites for hydroxylation is 1. The minimum atomic E-state index is -3.65. The molecule has 1 atom stereocenters. The van der Waals surface area contributed by atoms with E-state index < -0.39 is 32.5 Å². The quantitative estimate of drug-likeness (QED) is 0.576. The van der Waals surface area contributed by atoms with E-state index in [4.69, 9.17) is 11.5 Å². The van der Waals surface area contributed by atoms with Crippen LogP contribution in [0.3, 0.4) is 0 Å². The number of hydrogen-bond acceptors (Lipinski definition) is 4. The third-order valence-corrected chi connectivity index (χ3v) is 6.57. The molecule has 1 aliphatic rings. The van der Waals surface area contributed by atoms with E-state index in [1.165, 1.54) is 12.1 Å². The van der Waals surface area contributed by atoms with Crippen LogP contribution >= 0.6 is 0 Å². The normalized spacial score (nSPS) is 15.9. The van der Waals surface area contributed by atoms with Gasteiger partial charge in [0.25, 0.3) is 5.91 Å². The van der Waals surface area contributed by atoms with Crippen LogP contribution in [-0.2, 0) is 27.1 Å². The van der Waals surface area contributed by atoms with E-state index in [1.807, 2.05) is 6.92 Å². The first-order valence-corrected chi connectivity index (χ1v) is 10.2. The number of nitrogens with two attached hydrogens (primary N) is 2. The second kappa shape index (κ2) is 6.40. The Hall–Kier alpha value is -1.74. The molecular weight excluding hydrogens is 338 g/mol. The first kappa shape index (κ1) is 17.6. The standard InChI is InChI=1S/C14H19N3O4S2/c1-3-8-6-11(22(19)9-4-5-9)12(23(2,20)21)7-10(8)13(18)17-14(15)16/h6-7,9H,3-5H2,1-2H3,(H4,15,16,17,18). The fourth-order valence-corrected chi connectivity index (χ4v) is 5.08. The number of nitrogens with zero attached hydrogens (tertiary/aromatic N) is 1. The highest BCUT2D eigenvalue weighted by molar-refractivity contribution is 7.92. The Labute approximate surface area is 137 Å². The molecule has 4 N–H and O–H groups in total. The van der Waals surface area contributed by atoms with Gasteiger partial charge in [-0.3, -0.25) is 9.00 Å². The molecule has 0 radical (unpaired) electrons. The molecule has 9 heteroatoms. The summed E-state index contributed by atoms with van der Waals surface area (Å²) >= 11 is 0. The highest BCUT2D eigenvalue weighted by Crippen LogP contribution is 2.34. The van der Waals surface area contributed by atoms with Crippen LogP contribution in [0.2, 0.25) is 0 Å². The minimum Gasteiger partial charge on any atom is -0.370 e. The summed E-state index contributed by atoms with van der Waals surface area (Å²) in [6.07, 6.45) is 3.11. The second-order valence-corrected chi connectivity index (χ2v) is 9.11. The van der Waals surface area contributed by atoms with Crippen molar-refractivity contribution in [2.45, 2.75) is 41.2 Å². The fourth-order valence-electron chi connectivity index (χ4n) is 2.18. The summed E-state index contributed by atoms with van der Waals surface area (Å²) in [4.78, 5) is 15.7. The summed E-state index contributed by atoms with van der Waals surface area (Å²) in [5, 5.41) is -0.0144. The molecule has 0 spiro atoms. The minimum absolute atomic E-state index is 0.0144. The summed E-state index contributed by atoms with van der Waals surface area (Å²) in [6.45, 7) is 1.81. The van der Waals surface area contributed by atoms with Crippen molar-refractivity contribution in [3.05, 3.63) is 23.3 Å². The van der Waals surface area contributed by atoms with Gasteiger partial charge in [0.15, 0.2) is 15.8 Å². The number of guanidine groups is 1. The van der Waals surface area contributed by atoms with Gasteiger partial charge < -0.3 is 11.5 Å². The van der Waals surface area contributed by atoms with Crippen molar-refractivity contribution >= 4 is 32.5 Å². The highest BCUT2D eigenvalue weighted by atomic mass is 32.2. The number of carbonyl (C=O) groups excluding carboxylic acids is 1. The number of carbonyl (C=O) groups is 1. The molecule has 0 saturated heterocycles. The van der Waals surface area contributed by atoms with Crippen LogP contribution in [0.4, 0.5) is 0 Å². The van der Waals surface area contributed by atoms with Gasteiger partial charge in [0.2, 0.25) is 0 Å². The summed E-state index contributed by atoms with van der Waals surface area (Å²) in [6, 6.07) is 2.76. The molecule has 0 aromatic heterocycles. The molecule has 2 rings (SSSR count). The number of amides is 1. The first-order valence-electron chi connectivity index (χ1n) is 7.06. The van der Waals surface area contributed by atoms with Crippen molar-refractivity contribution in [2.24, 2.45) is 16.5 Å². The van der Waals surface area contributed by atoms with E-state index in [2.05, 4.69) is 4.99 Å². The lowest BCUT2D eigenvalue weighted by Crippen LogP contribution is -2.24. The lowest BCUT2D eigenvalue weighted by atomic mass is 10.0. The van der Waals surface area contributed by atoms with Gasteiger partial charge in [-0.2, -0.15) is 4.99 Å². The van der Waals surface area contributed by atoms with Crippen LogP contribution in [0.25, 0.3) is 0 Å². The van der Waals surface area contributed by atoms with Crippen LogP contribution in [0.1, 0.15) is 35.7 Å². The molecule has 1 aromatic carbocycles. The molecule has 0 bridgehead atoms. The molecule has 1 aliphatic carbocycles. The predicted octanol–water partition coefficient (Wildman–Crippen LogP) is 0.336. The van der Waals surface area contributed by atoms with Crippen LogP contribution in [0, 0.1) is 0 Å². The van der Waals surface area contributed by atoms with Gasteiger partial charge >= 0.3 is 0 Å². The lowest BCUT2D eigenvalue weighted by molar-refractivity contribution is 0.100. The Morgan fingerprint density at radius 1 is 1.35 bits per heavy atom. The first-order chi connectivity index (χ1) is 10.6. The predicted molar refractivity (Wildman–Crippen MR) is 88.5 cm³/mol. The Kier molecular flexibility index (Phi) is 4.90. The van der Waals surface area contributed by atoms with Gasteiger partial charge in [0, 0.05) is 17.1 Å². The van der Waals surface area contributed by atoms with Crippen molar-refractivity contribution in [2.75, 3.05) is 6.26 Å². The van der Waals surface area contributed by atoms with E-state index in [0.717, 1.165) is 19.1 Å². The lowest BCUT2D eigenvalue weighted by Gasteiger charge is -2.13. The van der Waals surface area contributed by atoms with Crippen LogP contribution in [0.15, 0.2) is 26.9 Å². The third-order valence-electron chi connectivity index (χ3n) is 3.45. The van der Waals surface area contributed by atoms with Gasteiger partial charge in [0.1, 0.15) is 0 Å². The van der Waals surface area contributed by atoms with E-state index >= 15 is 0 Å². The smallest absolute Gasteiger partial charge is 0.280 e. The molecule has 23 heavy (non-hydrogen) atoms. The van der Waals surface area contributed by atoms with Crippen molar-refractivity contribution in [3.63, 3.8) is 0 Å². The molecule has 1 amide bonds. The maximum Gasteiger partial charge on any atom is 0.280 e. The molecule has 1 unspecified atom stereocenters. The fraction of sp³-hybridized carbons (Fsp3) is 0.429. The molecule has 7 nitrogen and oxygen atoms in total. The number of sulfone groups is 1. The second-order valence-electron chi connectivity index (χ2n) is 5.42. The monoisotopic (exact) mass is 357 g/mol. The number of aliphatic imine (C=N–C) groups is 1. The number of benzene rings is 1. The van der Waals surface area contributed by atoms with Gasteiger partial charge in [-0.05, 0) is 37.0 Å². The average Bonchev–Trinajstić information content (AvgIpc) is 3.27. The van der Waals surface area contributed by atoms with Gasteiger partial charge in [-0.25, -0.2) is 8.42 Å². The van der Waals surface area contributed by atoms with Crippen molar-refractivity contribution in [1.82, 2.24) is 0 Å². The largest absolute Gasteiger partial charge is 0.370 e. The molecule has 0 heterocycles. The molecule has 1 saturated carbocycles. The van der Waals surface area contributed by atoms with Crippen LogP contribution < -0.4 is 11.5 Å². The van der Waals surface area contributed by atoms with Crippen molar-refractivity contribution < 1.29 is 17.4 Å². The van der Waals surface area contributed by atoms with Crippen molar-refractivity contribution in [1.29, 1.82) is 0 Å². The van der Waals surface area contributed by atoms with Gasteiger partial charge in [-0.15, -0.1) is 0 Å². The Balaban J connectivity index is 2.68. The highest BCUT2D eigenvalue weighted by Gasteiger charge is 2.33. The molecular formula is C14H19N3O4S2. The maximum atomic E-state index is 12.5. The zero-order valence-corrected chi connectivity index (χ0v) is 14.5. The Morgan fingerprint density at radius 2 is 1.96 bits per heavy atom. The maximum absolute atomic E-state index is 12.5. The summed E-state index contributed by atoms with van der Waals surface area (Å²) < 4.78 is 36.6. The molecule has 1 fully saturated rings. The summed E-state index contributed by atoms with van der Waals surface area (Å²) in [7, 11) is -5.05. The Morgan fingerprint density at radius 3 is 2.39 bits per heavy atom. The third kappa shape index (κ3) is 3.97. The topological polar surface area (TPSA) is 133 Å². The zero-order valence-electron chi connectivity index (χ0n) is 12.9. The molecule has 0 aliphatic heterocycles. The van der Waals surface area contributed by atoms with E-state index in [9.17, 15) is 17.4 Å². The van der Waals surface area contributed by atoms with E-state index in [1.54, 1.807) is 0 Å². The summed E-state index contributed by atoms with van der Waals surface area (Å²) in [5.74, 6) is -1.11. The Bertz CT molecular complexity index is 808. The number of rotatable bonds is 5. The van der Waals surface area contributed by atoms with Crippen LogP contribution in [-0.4, -0.2) is 36.0 Å². The van der Waals surface area contributed by atoms with Crippen LogP contribution in [0.5, 0.6) is 0 Å².